The monoisotopic (exact) mass is 235 g/mol. The van der Waals surface area contributed by atoms with Crippen molar-refractivity contribution in [3.63, 3.8) is 0 Å². The lowest BCUT2D eigenvalue weighted by Crippen LogP contribution is -2.41. The number of ether oxygens (including phenoxy) is 2. The molecule has 0 aromatic heterocycles. The molecule has 0 N–H and O–H groups in total. The minimum absolute atomic E-state index is 0.319. The van der Waals surface area contributed by atoms with Gasteiger partial charge in [-0.3, -0.25) is 0 Å². The second-order valence-corrected chi connectivity index (χ2v) is 3.98. The van der Waals surface area contributed by atoms with Crippen LogP contribution in [0.2, 0.25) is 0 Å². The van der Waals surface area contributed by atoms with Crippen molar-refractivity contribution < 1.29 is 23.9 Å². The molecule has 0 radical (unpaired) electrons. The van der Waals surface area contributed by atoms with Gasteiger partial charge in [-0.15, -0.1) is 0 Å². The standard InChI is InChI=1S/C8H20NO.C3H6O3/c1-5-9(3,4)7-8-10-6-2;1-6-2-3(4)5/h5-8H2,1-4H3;2H2,1H3,(H,4,5)/q+1;/p-1. The Bertz CT molecular complexity index is 171. The fraction of sp³-hybridized carbons (Fsp3) is 0.909. The number of rotatable bonds is 7. The van der Waals surface area contributed by atoms with Crippen LogP contribution in [-0.4, -0.2) is 64.6 Å². The van der Waals surface area contributed by atoms with Crippen LogP contribution in [0.25, 0.3) is 0 Å². The van der Waals surface area contributed by atoms with Crippen molar-refractivity contribution >= 4 is 5.97 Å². The summed E-state index contributed by atoms with van der Waals surface area (Å²) in [6, 6.07) is 0. The minimum Gasteiger partial charge on any atom is -0.548 e. The summed E-state index contributed by atoms with van der Waals surface area (Å²) in [6.07, 6.45) is 0. The molecular formula is C11H25NO4. The van der Waals surface area contributed by atoms with E-state index in [1.54, 1.807) is 0 Å². The van der Waals surface area contributed by atoms with Crippen molar-refractivity contribution in [1.29, 1.82) is 0 Å². The molecule has 0 aliphatic rings. The smallest absolute Gasteiger partial charge is 0.102 e. The third kappa shape index (κ3) is 15.8. The van der Waals surface area contributed by atoms with E-state index in [4.69, 9.17) is 4.74 Å². The van der Waals surface area contributed by atoms with Gasteiger partial charge in [-0.1, -0.05) is 0 Å². The van der Waals surface area contributed by atoms with Crippen molar-refractivity contribution in [3.05, 3.63) is 0 Å². The predicted octanol–water partition coefficient (Wildman–Crippen LogP) is -0.498. The Morgan fingerprint density at radius 2 is 1.88 bits per heavy atom. The van der Waals surface area contributed by atoms with Gasteiger partial charge < -0.3 is 23.9 Å². The summed E-state index contributed by atoms with van der Waals surface area (Å²) < 4.78 is 10.5. The number of methoxy groups -OCH3 is 1. The Morgan fingerprint density at radius 1 is 1.31 bits per heavy atom. The van der Waals surface area contributed by atoms with E-state index in [0.717, 1.165) is 24.2 Å². The zero-order valence-corrected chi connectivity index (χ0v) is 11.1. The number of aliphatic carboxylic acids is 1. The van der Waals surface area contributed by atoms with E-state index >= 15 is 0 Å². The van der Waals surface area contributed by atoms with E-state index in [1.807, 2.05) is 6.92 Å². The zero-order valence-electron chi connectivity index (χ0n) is 11.1. The fourth-order valence-electron chi connectivity index (χ4n) is 0.732. The molecule has 0 rings (SSSR count). The Kier molecular flexibility index (Phi) is 12.0. The first-order valence-electron chi connectivity index (χ1n) is 5.48. The molecule has 0 bridgehead atoms. The Hall–Kier alpha value is -0.650. The first-order chi connectivity index (χ1) is 7.39. The molecule has 0 heterocycles. The molecular weight excluding hydrogens is 210 g/mol. The predicted molar refractivity (Wildman–Crippen MR) is 60.9 cm³/mol. The number of carbonyl (C=O) groups excluding carboxylic acids is 1. The van der Waals surface area contributed by atoms with E-state index in [2.05, 4.69) is 25.8 Å². The second-order valence-electron chi connectivity index (χ2n) is 3.98. The van der Waals surface area contributed by atoms with Crippen LogP contribution in [-0.2, 0) is 14.3 Å². The third-order valence-electron chi connectivity index (χ3n) is 2.16. The maximum Gasteiger partial charge on any atom is 0.102 e. The van der Waals surface area contributed by atoms with Crippen LogP contribution in [0.4, 0.5) is 0 Å². The molecule has 0 aliphatic heterocycles. The van der Waals surface area contributed by atoms with Crippen LogP contribution < -0.4 is 5.11 Å². The van der Waals surface area contributed by atoms with Gasteiger partial charge in [0, 0.05) is 13.7 Å². The van der Waals surface area contributed by atoms with E-state index in [9.17, 15) is 9.90 Å². The van der Waals surface area contributed by atoms with Crippen LogP contribution >= 0.6 is 0 Å². The topological polar surface area (TPSA) is 58.6 Å². The maximum atomic E-state index is 9.36. The average Bonchev–Trinajstić information content (AvgIpc) is 2.19. The molecule has 0 saturated heterocycles. The van der Waals surface area contributed by atoms with Gasteiger partial charge in [-0.2, -0.15) is 0 Å². The van der Waals surface area contributed by atoms with E-state index < -0.39 is 5.97 Å². The first kappa shape index (κ1) is 17.7. The van der Waals surface area contributed by atoms with Gasteiger partial charge in [0.2, 0.25) is 0 Å². The van der Waals surface area contributed by atoms with Gasteiger partial charge in [0.15, 0.2) is 0 Å². The summed E-state index contributed by atoms with van der Waals surface area (Å²) in [6.45, 7) is 7.93. The van der Waals surface area contributed by atoms with Crippen molar-refractivity contribution in [2.45, 2.75) is 13.8 Å². The molecule has 0 aromatic carbocycles. The summed E-state index contributed by atoms with van der Waals surface area (Å²) in [5, 5.41) is 9.36. The maximum absolute atomic E-state index is 9.36. The fourth-order valence-corrected chi connectivity index (χ4v) is 0.732. The lowest BCUT2D eigenvalue weighted by atomic mass is 10.4. The number of carboxylic acid groups (broad SMARTS) is 1. The highest BCUT2D eigenvalue weighted by atomic mass is 16.5. The van der Waals surface area contributed by atoms with E-state index in [-0.39, 0.29) is 6.61 Å². The quantitative estimate of drug-likeness (QED) is 0.441. The van der Waals surface area contributed by atoms with Gasteiger partial charge in [0.1, 0.15) is 6.54 Å². The van der Waals surface area contributed by atoms with E-state index in [1.165, 1.54) is 13.7 Å². The number of quaternary nitrogens is 1. The molecule has 98 valence electrons. The Morgan fingerprint density at radius 3 is 2.12 bits per heavy atom. The molecule has 0 unspecified atom stereocenters. The molecule has 0 aromatic rings. The molecule has 16 heavy (non-hydrogen) atoms. The van der Waals surface area contributed by atoms with Crippen molar-refractivity contribution in [1.82, 2.24) is 0 Å². The molecule has 0 aliphatic carbocycles. The van der Waals surface area contributed by atoms with Crippen molar-refractivity contribution in [2.24, 2.45) is 0 Å². The largest absolute Gasteiger partial charge is 0.548 e. The molecule has 5 nitrogen and oxygen atoms in total. The first-order valence-corrected chi connectivity index (χ1v) is 5.48. The van der Waals surface area contributed by atoms with Crippen LogP contribution in [0.1, 0.15) is 13.8 Å². The SMILES string of the molecule is CCOCC[N+](C)(C)CC.COCC(=O)[O-]. The number of hydrogen-bond donors (Lipinski definition) is 0. The zero-order chi connectivity index (χ0) is 13.0. The number of nitrogens with zero attached hydrogens (tertiary/aromatic N) is 1. The number of hydrogen-bond acceptors (Lipinski definition) is 4. The van der Waals surface area contributed by atoms with Gasteiger partial charge in [0.05, 0.1) is 39.8 Å². The molecule has 0 saturated carbocycles. The van der Waals surface area contributed by atoms with E-state index in [0.29, 0.717) is 0 Å². The summed E-state index contributed by atoms with van der Waals surface area (Å²) in [4.78, 5) is 9.36. The van der Waals surface area contributed by atoms with Gasteiger partial charge in [0.25, 0.3) is 0 Å². The number of likely N-dealkylation sites (N-methyl/N-ethyl adjacent to an activating group) is 1. The Balaban J connectivity index is 0. The number of carbonyl (C=O) groups is 1. The minimum atomic E-state index is -1.18. The summed E-state index contributed by atoms with van der Waals surface area (Å²) in [7, 11) is 5.74. The number of carboxylic acids is 1. The van der Waals surface area contributed by atoms with Crippen LogP contribution in [0.3, 0.4) is 0 Å². The molecule has 0 atom stereocenters. The van der Waals surface area contributed by atoms with Gasteiger partial charge in [-0.25, -0.2) is 0 Å². The lowest BCUT2D eigenvalue weighted by molar-refractivity contribution is -0.888. The summed E-state index contributed by atoms with van der Waals surface area (Å²) in [5.41, 5.74) is 0. The Labute approximate surface area is 98.5 Å². The molecule has 5 heteroatoms. The van der Waals surface area contributed by atoms with Gasteiger partial charge in [-0.05, 0) is 13.8 Å². The summed E-state index contributed by atoms with van der Waals surface area (Å²) in [5.74, 6) is -1.18. The van der Waals surface area contributed by atoms with Gasteiger partial charge >= 0.3 is 0 Å². The highest BCUT2D eigenvalue weighted by molar-refractivity contribution is 5.65. The molecule has 0 fully saturated rings. The van der Waals surface area contributed by atoms with Crippen LogP contribution in [0, 0.1) is 0 Å². The molecule has 0 spiro atoms. The van der Waals surface area contributed by atoms with Crippen LogP contribution in [0.5, 0.6) is 0 Å². The lowest BCUT2D eigenvalue weighted by Gasteiger charge is -2.27. The third-order valence-corrected chi connectivity index (χ3v) is 2.16. The highest BCUT2D eigenvalue weighted by Crippen LogP contribution is 1.94. The van der Waals surface area contributed by atoms with Crippen molar-refractivity contribution in [2.75, 3.05) is 54.1 Å². The second kappa shape index (κ2) is 10.9. The normalized spacial score (nSPS) is 10.6. The highest BCUT2D eigenvalue weighted by Gasteiger charge is 2.09. The van der Waals surface area contributed by atoms with Crippen LogP contribution in [0.15, 0.2) is 0 Å². The molecule has 0 amide bonds. The summed E-state index contributed by atoms with van der Waals surface area (Å²) >= 11 is 0. The van der Waals surface area contributed by atoms with Crippen molar-refractivity contribution in [3.8, 4) is 0 Å². The average molecular weight is 235 g/mol.